The van der Waals surface area contributed by atoms with E-state index in [-0.39, 0.29) is 11.3 Å². The molecule has 0 aliphatic heterocycles. The average molecular weight is 295 g/mol. The molecule has 21 heavy (non-hydrogen) atoms. The summed E-state index contributed by atoms with van der Waals surface area (Å²) in [5, 5.41) is 4.10. The lowest BCUT2D eigenvalue weighted by Gasteiger charge is -2.10. The molecule has 2 aromatic heterocycles. The molecule has 0 saturated carbocycles. The van der Waals surface area contributed by atoms with E-state index < -0.39 is 17.6 Å². The second-order valence-corrected chi connectivity index (χ2v) is 4.60. The van der Waals surface area contributed by atoms with Crippen molar-refractivity contribution in [3.63, 3.8) is 0 Å². The Hall–Kier alpha value is -2.44. The van der Waals surface area contributed by atoms with Crippen LogP contribution in [-0.2, 0) is 6.18 Å². The van der Waals surface area contributed by atoms with E-state index in [2.05, 4.69) is 10.1 Å². The second kappa shape index (κ2) is 4.54. The van der Waals surface area contributed by atoms with Crippen LogP contribution in [0.4, 0.5) is 17.6 Å². The number of halogens is 4. The lowest BCUT2D eigenvalue weighted by atomic mass is 10.1. The molecule has 3 rings (SSSR count). The summed E-state index contributed by atoms with van der Waals surface area (Å²) in [6.07, 6.45) is -3.13. The van der Waals surface area contributed by atoms with Gasteiger partial charge < -0.3 is 0 Å². The molecular formula is C14H9F4N3. The predicted molar refractivity (Wildman–Crippen MR) is 68.1 cm³/mol. The van der Waals surface area contributed by atoms with E-state index in [0.29, 0.717) is 11.3 Å². The summed E-state index contributed by atoms with van der Waals surface area (Å²) in [5.74, 6) is -0.464. The molecule has 0 N–H and O–H groups in total. The van der Waals surface area contributed by atoms with E-state index in [1.54, 1.807) is 6.92 Å². The third-order valence-corrected chi connectivity index (χ3v) is 2.99. The topological polar surface area (TPSA) is 30.2 Å². The number of nitrogens with zero attached hydrogens (tertiary/aromatic N) is 3. The fourth-order valence-corrected chi connectivity index (χ4v) is 2.06. The van der Waals surface area contributed by atoms with Crippen LogP contribution in [0.1, 0.15) is 11.3 Å². The van der Waals surface area contributed by atoms with E-state index in [1.807, 2.05) is 0 Å². The first-order valence-electron chi connectivity index (χ1n) is 6.05. The molecule has 0 amide bonds. The summed E-state index contributed by atoms with van der Waals surface area (Å²) in [4.78, 5) is 3.85. The highest BCUT2D eigenvalue weighted by molar-refractivity contribution is 5.63. The number of imidazole rings is 1. The van der Waals surface area contributed by atoms with Crippen molar-refractivity contribution in [1.29, 1.82) is 0 Å². The van der Waals surface area contributed by atoms with Crippen molar-refractivity contribution >= 4 is 5.65 Å². The first-order valence-corrected chi connectivity index (χ1v) is 6.05. The van der Waals surface area contributed by atoms with Crippen LogP contribution in [0.15, 0.2) is 36.5 Å². The van der Waals surface area contributed by atoms with Crippen LogP contribution in [0.2, 0.25) is 0 Å². The summed E-state index contributed by atoms with van der Waals surface area (Å²) < 4.78 is 53.4. The minimum atomic E-state index is -4.54. The highest BCUT2D eigenvalue weighted by Gasteiger charge is 2.35. The van der Waals surface area contributed by atoms with Gasteiger partial charge in [0, 0.05) is 5.56 Å². The van der Waals surface area contributed by atoms with Gasteiger partial charge in [-0.1, -0.05) is 0 Å². The van der Waals surface area contributed by atoms with Gasteiger partial charge in [-0.05, 0) is 37.3 Å². The van der Waals surface area contributed by atoms with Crippen molar-refractivity contribution < 1.29 is 17.6 Å². The van der Waals surface area contributed by atoms with E-state index in [4.69, 9.17) is 0 Å². The number of rotatable bonds is 1. The van der Waals surface area contributed by atoms with Gasteiger partial charge >= 0.3 is 6.18 Å². The molecule has 0 aliphatic carbocycles. The third-order valence-electron chi connectivity index (χ3n) is 2.99. The maximum Gasteiger partial charge on any atom is 0.420 e. The molecule has 0 fully saturated rings. The zero-order chi connectivity index (χ0) is 15.2. The quantitative estimate of drug-likeness (QED) is 0.638. The number of aromatic nitrogens is 3. The molecule has 3 aromatic rings. The molecule has 0 aliphatic rings. The Morgan fingerprint density at radius 3 is 2.38 bits per heavy atom. The maximum atomic E-state index is 13.1. The largest absolute Gasteiger partial charge is 0.420 e. The molecule has 0 bridgehead atoms. The lowest BCUT2D eigenvalue weighted by Crippen LogP contribution is -2.10. The molecule has 0 saturated heterocycles. The summed E-state index contributed by atoms with van der Waals surface area (Å²) in [7, 11) is 0. The molecule has 7 heteroatoms. The summed E-state index contributed by atoms with van der Waals surface area (Å²) in [5.41, 5.74) is -0.178. The Labute approximate surface area is 116 Å². The van der Waals surface area contributed by atoms with Crippen LogP contribution < -0.4 is 0 Å². The summed E-state index contributed by atoms with van der Waals surface area (Å²) in [6, 6.07) is 6.04. The lowest BCUT2D eigenvalue weighted by molar-refractivity contribution is -0.136. The van der Waals surface area contributed by atoms with Crippen molar-refractivity contribution in [2.45, 2.75) is 13.1 Å². The molecule has 1 aromatic carbocycles. The van der Waals surface area contributed by atoms with E-state index in [9.17, 15) is 17.6 Å². The Balaban J connectivity index is 2.27. The highest BCUT2D eigenvalue weighted by atomic mass is 19.4. The van der Waals surface area contributed by atoms with Crippen LogP contribution in [0.25, 0.3) is 16.9 Å². The first kappa shape index (κ1) is 13.5. The molecular weight excluding hydrogens is 286 g/mol. The third kappa shape index (κ3) is 2.46. The van der Waals surface area contributed by atoms with Crippen molar-refractivity contribution in [2.24, 2.45) is 0 Å². The monoisotopic (exact) mass is 295 g/mol. The normalized spacial score (nSPS) is 12.0. The number of aryl methyl sites for hydroxylation is 1. The average Bonchev–Trinajstić information content (AvgIpc) is 2.77. The van der Waals surface area contributed by atoms with Crippen molar-refractivity contribution in [3.05, 3.63) is 53.6 Å². The summed E-state index contributed by atoms with van der Waals surface area (Å²) in [6.45, 7) is 1.59. The number of benzene rings is 1. The molecule has 2 heterocycles. The van der Waals surface area contributed by atoms with E-state index >= 15 is 0 Å². The zero-order valence-corrected chi connectivity index (χ0v) is 10.8. The minimum Gasteiger partial charge on any atom is -0.232 e. The molecule has 0 unspecified atom stereocenters. The van der Waals surface area contributed by atoms with Gasteiger partial charge in [0.2, 0.25) is 0 Å². The van der Waals surface area contributed by atoms with Crippen LogP contribution in [0, 0.1) is 12.7 Å². The van der Waals surface area contributed by atoms with Gasteiger partial charge in [-0.25, -0.2) is 13.9 Å². The van der Waals surface area contributed by atoms with Gasteiger partial charge in [-0.15, -0.1) is 0 Å². The molecule has 3 nitrogen and oxygen atoms in total. The number of fused-ring (bicyclic) bond motifs is 1. The molecule has 0 spiro atoms. The Morgan fingerprint density at radius 2 is 1.76 bits per heavy atom. The zero-order valence-electron chi connectivity index (χ0n) is 10.8. The first-order chi connectivity index (χ1) is 9.84. The van der Waals surface area contributed by atoms with Gasteiger partial charge in [0.05, 0.1) is 17.6 Å². The SMILES string of the molecule is Cc1cn2nc(-c3ccc(F)cc3)cc(C(F)(F)F)c2n1. The Kier molecular flexibility index (Phi) is 2.93. The molecule has 108 valence electrons. The van der Waals surface area contributed by atoms with Gasteiger partial charge in [-0.2, -0.15) is 18.3 Å². The van der Waals surface area contributed by atoms with E-state index in [1.165, 1.54) is 30.5 Å². The van der Waals surface area contributed by atoms with Gasteiger partial charge in [-0.3, -0.25) is 0 Å². The second-order valence-electron chi connectivity index (χ2n) is 4.60. The fraction of sp³-hybridized carbons (Fsp3) is 0.143. The van der Waals surface area contributed by atoms with Crippen molar-refractivity contribution in [1.82, 2.24) is 14.6 Å². The standard InChI is InChI=1S/C14H9F4N3/c1-8-7-21-13(19-8)11(14(16,17)18)6-12(20-21)9-2-4-10(15)5-3-9/h2-7H,1H3. The van der Waals surface area contributed by atoms with Gasteiger partial charge in [0.15, 0.2) is 5.65 Å². The number of hydrogen-bond acceptors (Lipinski definition) is 2. The van der Waals surface area contributed by atoms with E-state index in [0.717, 1.165) is 10.6 Å². The fourth-order valence-electron chi connectivity index (χ4n) is 2.06. The van der Waals surface area contributed by atoms with Crippen molar-refractivity contribution in [2.75, 3.05) is 0 Å². The van der Waals surface area contributed by atoms with Gasteiger partial charge in [0.1, 0.15) is 11.4 Å². The Morgan fingerprint density at radius 1 is 1.10 bits per heavy atom. The number of alkyl halides is 3. The van der Waals surface area contributed by atoms with Crippen molar-refractivity contribution in [3.8, 4) is 11.3 Å². The minimum absolute atomic E-state index is 0.104. The predicted octanol–water partition coefficient (Wildman–Crippen LogP) is 3.86. The summed E-state index contributed by atoms with van der Waals surface area (Å²) >= 11 is 0. The molecule has 0 atom stereocenters. The van der Waals surface area contributed by atoms with Crippen LogP contribution in [0.5, 0.6) is 0 Å². The van der Waals surface area contributed by atoms with Crippen LogP contribution >= 0.6 is 0 Å². The maximum absolute atomic E-state index is 13.1. The van der Waals surface area contributed by atoms with Crippen LogP contribution in [-0.4, -0.2) is 14.6 Å². The van der Waals surface area contributed by atoms with Gasteiger partial charge in [0.25, 0.3) is 0 Å². The Bertz CT molecular complexity index is 803. The number of hydrogen-bond donors (Lipinski definition) is 0. The smallest absolute Gasteiger partial charge is 0.232 e. The highest BCUT2D eigenvalue weighted by Crippen LogP contribution is 2.34. The van der Waals surface area contributed by atoms with Crippen LogP contribution in [0.3, 0.4) is 0 Å². The molecule has 0 radical (unpaired) electrons.